The number of hydrogen-bond acceptors (Lipinski definition) is 4. The summed E-state index contributed by atoms with van der Waals surface area (Å²) in [5.41, 5.74) is 3.61. The van der Waals surface area contributed by atoms with Crippen molar-refractivity contribution in [2.24, 2.45) is 5.92 Å². The Hall–Kier alpha value is -3.92. The maximum absolute atomic E-state index is 12.9. The SMILES string of the molecule is CCCCCCCCCCOc1ccc(-c2ccc(C(=O)Oc3ccc4cc([C@H](C)C(=O)CC(CC)CC)ccc4c3)cc2)cc1. The van der Waals surface area contributed by atoms with Crippen LogP contribution >= 0.6 is 0 Å². The van der Waals surface area contributed by atoms with E-state index in [0.717, 1.165) is 59.1 Å². The number of hydrogen-bond donors (Lipinski definition) is 0. The summed E-state index contributed by atoms with van der Waals surface area (Å²) in [6.45, 7) is 9.30. The molecule has 0 spiro atoms. The maximum atomic E-state index is 12.9. The van der Waals surface area contributed by atoms with Crippen LogP contribution in [0, 0.1) is 5.92 Å². The Morgan fingerprint density at radius 3 is 1.85 bits per heavy atom. The van der Waals surface area contributed by atoms with Crippen molar-refractivity contribution in [1.82, 2.24) is 0 Å². The molecule has 0 aliphatic heterocycles. The standard InChI is InChI=1S/C42H52O4/c1-5-8-9-10-11-12-13-14-27-45-39-24-21-34(22-25-39)33-15-17-35(18-16-33)42(44)46-40-26-23-37-29-36(19-20-38(37)30-40)31(4)41(43)28-32(6-2)7-3/h15-26,29-32H,5-14,27-28H2,1-4H3/t31-/m0/s1. The van der Waals surface area contributed by atoms with Gasteiger partial charge in [0, 0.05) is 12.3 Å². The zero-order valence-electron chi connectivity index (χ0n) is 28.4. The first kappa shape index (κ1) is 34.9. The zero-order chi connectivity index (χ0) is 32.7. The largest absolute Gasteiger partial charge is 0.494 e. The molecular formula is C42H52O4. The fourth-order valence-electron chi connectivity index (χ4n) is 5.93. The van der Waals surface area contributed by atoms with Gasteiger partial charge in [-0.05, 0) is 76.2 Å². The van der Waals surface area contributed by atoms with E-state index in [1.165, 1.54) is 44.9 Å². The lowest BCUT2D eigenvalue weighted by molar-refractivity contribution is -0.121. The molecule has 0 radical (unpaired) electrons. The number of rotatable bonds is 19. The highest BCUT2D eigenvalue weighted by molar-refractivity contribution is 5.93. The van der Waals surface area contributed by atoms with Gasteiger partial charge in [0.05, 0.1) is 12.2 Å². The minimum absolute atomic E-state index is 0.138. The minimum atomic E-state index is -0.396. The molecule has 0 aromatic heterocycles. The van der Waals surface area contributed by atoms with E-state index in [-0.39, 0.29) is 5.92 Å². The quantitative estimate of drug-likeness (QED) is 0.0594. The van der Waals surface area contributed by atoms with Crippen molar-refractivity contribution in [3.63, 3.8) is 0 Å². The molecule has 0 bridgehead atoms. The molecule has 4 nitrogen and oxygen atoms in total. The molecule has 0 unspecified atom stereocenters. The lowest BCUT2D eigenvalue weighted by Gasteiger charge is -2.16. The Morgan fingerprint density at radius 2 is 1.20 bits per heavy atom. The summed E-state index contributed by atoms with van der Waals surface area (Å²) < 4.78 is 11.7. The summed E-state index contributed by atoms with van der Waals surface area (Å²) in [5, 5.41) is 1.99. The lowest BCUT2D eigenvalue weighted by atomic mass is 9.87. The van der Waals surface area contributed by atoms with E-state index in [0.29, 0.717) is 29.4 Å². The molecule has 0 saturated heterocycles. The molecule has 0 heterocycles. The third kappa shape index (κ3) is 10.3. The molecule has 4 aromatic carbocycles. The zero-order valence-corrected chi connectivity index (χ0v) is 28.4. The third-order valence-corrected chi connectivity index (χ3v) is 9.25. The van der Waals surface area contributed by atoms with Crippen LogP contribution in [0.1, 0.15) is 120 Å². The van der Waals surface area contributed by atoms with Gasteiger partial charge in [-0.1, -0.05) is 134 Å². The first-order valence-corrected chi connectivity index (χ1v) is 17.5. The van der Waals surface area contributed by atoms with Gasteiger partial charge in [-0.3, -0.25) is 4.79 Å². The van der Waals surface area contributed by atoms with Crippen LogP contribution in [-0.2, 0) is 4.79 Å². The number of ether oxygens (including phenoxy) is 2. The number of fused-ring (bicyclic) bond motifs is 1. The molecule has 46 heavy (non-hydrogen) atoms. The fourth-order valence-corrected chi connectivity index (χ4v) is 5.93. The van der Waals surface area contributed by atoms with Crippen LogP contribution in [0.4, 0.5) is 0 Å². The molecule has 0 aliphatic rings. The number of esters is 1. The van der Waals surface area contributed by atoms with E-state index in [1.807, 2.05) is 61.5 Å². The average molecular weight is 621 g/mol. The number of unbranched alkanes of at least 4 members (excludes halogenated alkanes) is 7. The van der Waals surface area contributed by atoms with Crippen molar-refractivity contribution in [1.29, 1.82) is 0 Å². The molecule has 4 aromatic rings. The fraction of sp³-hybridized carbons (Fsp3) is 0.429. The Labute approximate surface area is 276 Å². The number of Topliss-reactive ketones (excluding diaryl/α,β-unsaturated/α-hetero) is 1. The minimum Gasteiger partial charge on any atom is -0.494 e. The van der Waals surface area contributed by atoms with Gasteiger partial charge in [0.2, 0.25) is 0 Å². The second-order valence-corrected chi connectivity index (χ2v) is 12.7. The number of carbonyl (C=O) groups is 2. The lowest BCUT2D eigenvalue weighted by Crippen LogP contribution is -2.14. The summed E-state index contributed by atoms with van der Waals surface area (Å²) >= 11 is 0. The summed E-state index contributed by atoms with van der Waals surface area (Å²) in [7, 11) is 0. The monoisotopic (exact) mass is 620 g/mol. The van der Waals surface area contributed by atoms with Gasteiger partial charge in [0.25, 0.3) is 0 Å². The van der Waals surface area contributed by atoms with Crippen LogP contribution in [-0.4, -0.2) is 18.4 Å². The number of ketones is 1. The van der Waals surface area contributed by atoms with Gasteiger partial charge >= 0.3 is 5.97 Å². The van der Waals surface area contributed by atoms with Crippen LogP contribution in [0.2, 0.25) is 0 Å². The maximum Gasteiger partial charge on any atom is 0.343 e. The molecule has 4 heteroatoms. The Balaban J connectivity index is 1.27. The first-order chi connectivity index (χ1) is 22.4. The number of carbonyl (C=O) groups excluding carboxylic acids is 2. The molecule has 0 amide bonds. The topological polar surface area (TPSA) is 52.6 Å². The second-order valence-electron chi connectivity index (χ2n) is 12.7. The molecular weight excluding hydrogens is 568 g/mol. The van der Waals surface area contributed by atoms with E-state index in [9.17, 15) is 9.59 Å². The van der Waals surface area contributed by atoms with E-state index in [1.54, 1.807) is 12.1 Å². The van der Waals surface area contributed by atoms with Crippen molar-refractivity contribution >= 4 is 22.5 Å². The van der Waals surface area contributed by atoms with Crippen molar-refractivity contribution in [3.05, 3.63) is 96.1 Å². The van der Waals surface area contributed by atoms with E-state index >= 15 is 0 Å². The van der Waals surface area contributed by atoms with Gasteiger partial charge in [-0.2, -0.15) is 0 Å². The van der Waals surface area contributed by atoms with Crippen LogP contribution in [0.15, 0.2) is 84.9 Å². The molecule has 1 atom stereocenters. The summed E-state index contributed by atoms with van der Waals surface area (Å²) in [6, 6.07) is 27.4. The van der Waals surface area contributed by atoms with Crippen LogP contribution in [0.3, 0.4) is 0 Å². The normalized spacial score (nSPS) is 11.9. The first-order valence-electron chi connectivity index (χ1n) is 17.5. The van der Waals surface area contributed by atoms with Gasteiger partial charge < -0.3 is 9.47 Å². The van der Waals surface area contributed by atoms with Crippen LogP contribution in [0.5, 0.6) is 11.5 Å². The van der Waals surface area contributed by atoms with E-state index < -0.39 is 5.97 Å². The molecule has 0 fully saturated rings. The Kier molecular flexibility index (Phi) is 13.9. The average Bonchev–Trinajstić information content (AvgIpc) is 3.09. The molecule has 0 N–H and O–H groups in total. The predicted molar refractivity (Wildman–Crippen MR) is 191 cm³/mol. The third-order valence-electron chi connectivity index (χ3n) is 9.25. The highest BCUT2D eigenvalue weighted by Crippen LogP contribution is 2.29. The highest BCUT2D eigenvalue weighted by atomic mass is 16.5. The van der Waals surface area contributed by atoms with Crippen molar-refractivity contribution in [2.75, 3.05) is 6.61 Å². The van der Waals surface area contributed by atoms with Crippen molar-refractivity contribution < 1.29 is 19.1 Å². The second kappa shape index (κ2) is 18.3. The molecule has 0 saturated carbocycles. The van der Waals surface area contributed by atoms with Crippen LogP contribution in [0.25, 0.3) is 21.9 Å². The molecule has 0 aliphatic carbocycles. The van der Waals surface area contributed by atoms with Crippen molar-refractivity contribution in [2.45, 2.75) is 104 Å². The van der Waals surface area contributed by atoms with Gasteiger partial charge in [0.15, 0.2) is 0 Å². The summed E-state index contributed by atoms with van der Waals surface area (Å²) in [5.74, 6) is 1.59. The van der Waals surface area contributed by atoms with E-state index in [4.69, 9.17) is 9.47 Å². The summed E-state index contributed by atoms with van der Waals surface area (Å²) in [6.07, 6.45) is 13.0. The van der Waals surface area contributed by atoms with Gasteiger partial charge in [-0.15, -0.1) is 0 Å². The van der Waals surface area contributed by atoms with E-state index in [2.05, 4.69) is 39.0 Å². The Morgan fingerprint density at radius 1 is 0.630 bits per heavy atom. The highest BCUT2D eigenvalue weighted by Gasteiger charge is 2.19. The van der Waals surface area contributed by atoms with Gasteiger partial charge in [-0.25, -0.2) is 4.79 Å². The smallest absolute Gasteiger partial charge is 0.343 e. The van der Waals surface area contributed by atoms with Crippen molar-refractivity contribution in [3.8, 4) is 22.6 Å². The van der Waals surface area contributed by atoms with Crippen LogP contribution < -0.4 is 9.47 Å². The Bertz CT molecular complexity index is 1520. The predicted octanol–water partition coefficient (Wildman–Crippen LogP) is 11.7. The molecule has 244 valence electrons. The molecule has 4 rings (SSSR count). The van der Waals surface area contributed by atoms with Gasteiger partial charge in [0.1, 0.15) is 17.3 Å². The number of benzene rings is 4. The summed E-state index contributed by atoms with van der Waals surface area (Å²) in [4.78, 5) is 25.8.